The Hall–Kier alpha value is -2.97. The Balaban J connectivity index is 1.17. The van der Waals surface area contributed by atoms with Crippen LogP contribution in [-0.2, 0) is 9.22 Å². The second kappa shape index (κ2) is 13.9. The molecule has 47 heavy (non-hydrogen) atoms. The predicted octanol–water partition coefficient (Wildman–Crippen LogP) is 9.48. The number of hydrogen-bond donors (Lipinski definition) is 0. The average Bonchev–Trinajstić information content (AvgIpc) is 3.79. The number of methoxy groups -OCH3 is 1. The van der Waals surface area contributed by atoms with Gasteiger partial charge in [0.05, 0.1) is 19.3 Å². The van der Waals surface area contributed by atoms with E-state index in [1.54, 1.807) is 7.11 Å². The molecule has 0 bridgehead atoms. The lowest BCUT2D eigenvalue weighted by Gasteiger charge is -2.41. The van der Waals surface area contributed by atoms with E-state index in [9.17, 15) is 4.79 Å². The molecule has 0 spiro atoms. The molecule has 0 radical (unpaired) electrons. The van der Waals surface area contributed by atoms with Crippen LogP contribution in [0.4, 0.5) is 5.82 Å². The van der Waals surface area contributed by atoms with Crippen LogP contribution < -0.4 is 9.64 Å². The highest BCUT2D eigenvalue weighted by atomic mass is 28.4. The number of aromatic nitrogens is 3. The molecule has 7 nitrogen and oxygen atoms in total. The first-order valence-corrected chi connectivity index (χ1v) is 21.0. The molecule has 3 aliphatic carbocycles. The normalized spacial score (nSPS) is 23.8. The molecule has 3 aliphatic rings. The number of benzene rings is 1. The van der Waals surface area contributed by atoms with Gasteiger partial charge >= 0.3 is 0 Å². The van der Waals surface area contributed by atoms with Gasteiger partial charge in [-0.25, -0.2) is 4.98 Å². The van der Waals surface area contributed by atoms with Crippen LogP contribution in [0.15, 0.2) is 48.9 Å². The minimum Gasteiger partial charge on any atom is -0.496 e. The summed E-state index contributed by atoms with van der Waals surface area (Å²) in [7, 11) is -0.106. The number of anilines is 1. The van der Waals surface area contributed by atoms with E-state index in [0.29, 0.717) is 17.9 Å². The molecule has 1 aromatic carbocycles. The molecule has 3 saturated carbocycles. The molecular weight excluding hydrogens is 601 g/mol. The first kappa shape index (κ1) is 33.9. The van der Waals surface area contributed by atoms with Gasteiger partial charge in [0.1, 0.15) is 11.6 Å². The largest absolute Gasteiger partial charge is 0.496 e. The van der Waals surface area contributed by atoms with Gasteiger partial charge in [-0.1, -0.05) is 32.9 Å². The number of carbonyl (C=O) groups excluding carboxylic acids is 1. The lowest BCUT2D eigenvalue weighted by Crippen LogP contribution is -2.46. The maximum atomic E-state index is 14.5. The third kappa shape index (κ3) is 7.85. The molecule has 0 atom stereocenters. The first-order chi connectivity index (χ1) is 22.4. The van der Waals surface area contributed by atoms with Gasteiger partial charge in [0, 0.05) is 36.5 Å². The summed E-state index contributed by atoms with van der Waals surface area (Å²) in [6, 6.07) is 11.3. The van der Waals surface area contributed by atoms with Crippen LogP contribution in [0.1, 0.15) is 108 Å². The smallest absolute Gasteiger partial charge is 0.231 e. The molecule has 0 unspecified atom stereocenters. The summed E-state index contributed by atoms with van der Waals surface area (Å²) in [5, 5.41) is 4.81. The maximum absolute atomic E-state index is 14.5. The number of ether oxygens (including phenoxy) is 1. The minimum atomic E-state index is -1.84. The van der Waals surface area contributed by atoms with Crippen LogP contribution in [0.25, 0.3) is 11.1 Å². The Morgan fingerprint density at radius 3 is 2.32 bits per heavy atom. The summed E-state index contributed by atoms with van der Waals surface area (Å²) >= 11 is 0. The fourth-order valence-electron chi connectivity index (χ4n) is 7.40. The lowest BCUT2D eigenvalue weighted by molar-refractivity contribution is -0.124. The molecule has 2 heterocycles. The van der Waals surface area contributed by atoms with Gasteiger partial charge in [-0.2, -0.15) is 5.10 Å². The van der Waals surface area contributed by atoms with Crippen molar-refractivity contribution in [2.24, 2.45) is 11.8 Å². The van der Waals surface area contributed by atoms with Crippen molar-refractivity contribution in [1.82, 2.24) is 14.8 Å². The molecule has 0 N–H and O–H groups in total. The van der Waals surface area contributed by atoms with Gasteiger partial charge in [0.15, 0.2) is 8.32 Å². The summed E-state index contributed by atoms with van der Waals surface area (Å²) in [5.41, 5.74) is 4.77. The zero-order valence-corrected chi connectivity index (χ0v) is 30.8. The monoisotopic (exact) mass is 656 g/mol. The predicted molar refractivity (Wildman–Crippen MR) is 193 cm³/mol. The Morgan fingerprint density at radius 1 is 0.957 bits per heavy atom. The number of nitrogens with zero attached hydrogens (tertiary/aromatic N) is 4. The topological polar surface area (TPSA) is 69.5 Å². The summed E-state index contributed by atoms with van der Waals surface area (Å²) in [6.45, 7) is 14.4. The fraction of sp³-hybridized carbons (Fsp3) is 0.615. The molecular formula is C39H56N4O3Si. The van der Waals surface area contributed by atoms with Crippen molar-refractivity contribution >= 4 is 20.0 Å². The summed E-state index contributed by atoms with van der Waals surface area (Å²) in [5.74, 6) is 2.99. The standard InChI is InChI=1S/C39H56N4O3Si/c1-27-22-31(14-19-36(27)45-5)29-10-8-28(9-11-29)25-42(37-23-32(20-21-40-37)33-24-41-43(26-33)34-15-16-34)38(44)30-12-17-35(18-13-30)46-47(6,7)39(2,3)4/h14,19-24,26,28-30,34-35H,8-13,15-18,25H2,1-7H3. The molecule has 0 saturated heterocycles. The number of hydrogen-bond acceptors (Lipinski definition) is 5. The van der Waals surface area contributed by atoms with Crippen molar-refractivity contribution < 1.29 is 14.0 Å². The number of amides is 1. The van der Waals surface area contributed by atoms with Crippen LogP contribution >= 0.6 is 0 Å². The lowest BCUT2D eigenvalue weighted by atomic mass is 9.78. The van der Waals surface area contributed by atoms with Crippen molar-refractivity contribution in [3.63, 3.8) is 0 Å². The average molecular weight is 657 g/mol. The van der Waals surface area contributed by atoms with Gasteiger partial charge in [0.25, 0.3) is 0 Å². The maximum Gasteiger partial charge on any atom is 0.231 e. The van der Waals surface area contributed by atoms with E-state index in [2.05, 4.69) is 85.9 Å². The number of aryl methyl sites for hydroxylation is 1. The van der Waals surface area contributed by atoms with E-state index in [0.717, 1.165) is 80.6 Å². The number of pyridine rings is 1. The van der Waals surface area contributed by atoms with Crippen LogP contribution in [0, 0.1) is 18.8 Å². The SMILES string of the molecule is COc1ccc(C2CCC(CN(C(=O)C3CCC(O[Si](C)(C)C(C)(C)C)CC3)c3cc(-c4cnn(C5CC5)c4)ccn3)CC2)cc1C. The van der Waals surface area contributed by atoms with Crippen molar-refractivity contribution in [2.45, 2.75) is 128 Å². The van der Waals surface area contributed by atoms with Gasteiger partial charge in [-0.05, 0) is 136 Å². The first-order valence-electron chi connectivity index (χ1n) is 18.1. The molecule has 8 heteroatoms. The Morgan fingerprint density at radius 2 is 1.68 bits per heavy atom. The van der Waals surface area contributed by atoms with Crippen molar-refractivity contribution in [3.8, 4) is 16.9 Å². The second-order valence-electron chi connectivity index (χ2n) is 16.1. The van der Waals surface area contributed by atoms with Crippen LogP contribution in [0.5, 0.6) is 5.75 Å². The van der Waals surface area contributed by atoms with Gasteiger partial charge in [-0.15, -0.1) is 0 Å². The molecule has 2 aromatic heterocycles. The molecule has 0 aliphatic heterocycles. The van der Waals surface area contributed by atoms with Crippen LogP contribution in [0.2, 0.25) is 18.1 Å². The summed E-state index contributed by atoms with van der Waals surface area (Å²) < 4.78 is 14.4. The third-order valence-corrected chi connectivity index (χ3v) is 16.1. The summed E-state index contributed by atoms with van der Waals surface area (Å²) in [4.78, 5) is 21.4. The molecule has 3 fully saturated rings. The Bertz CT molecular complexity index is 1520. The second-order valence-corrected chi connectivity index (χ2v) is 20.8. The highest BCUT2D eigenvalue weighted by Crippen LogP contribution is 2.42. The van der Waals surface area contributed by atoms with E-state index in [4.69, 9.17) is 14.1 Å². The summed E-state index contributed by atoms with van der Waals surface area (Å²) in [6.07, 6.45) is 16.8. The van der Waals surface area contributed by atoms with Crippen molar-refractivity contribution in [2.75, 3.05) is 18.6 Å². The quantitative estimate of drug-likeness (QED) is 0.203. The fourth-order valence-corrected chi connectivity index (χ4v) is 8.82. The van der Waals surface area contributed by atoms with Crippen LogP contribution in [-0.4, -0.2) is 48.7 Å². The van der Waals surface area contributed by atoms with Crippen molar-refractivity contribution in [1.29, 1.82) is 0 Å². The highest BCUT2D eigenvalue weighted by Gasteiger charge is 2.41. The molecule has 3 aromatic rings. The third-order valence-electron chi connectivity index (χ3n) is 11.6. The van der Waals surface area contributed by atoms with Gasteiger partial charge < -0.3 is 9.16 Å². The number of rotatable bonds is 10. The molecule has 254 valence electrons. The molecule has 1 amide bonds. The van der Waals surface area contributed by atoms with E-state index in [-0.39, 0.29) is 23.0 Å². The van der Waals surface area contributed by atoms with Crippen LogP contribution in [0.3, 0.4) is 0 Å². The Kier molecular flexibility index (Phi) is 10.0. The van der Waals surface area contributed by atoms with Crippen molar-refractivity contribution in [3.05, 3.63) is 60.0 Å². The van der Waals surface area contributed by atoms with E-state index in [1.165, 1.54) is 24.0 Å². The van der Waals surface area contributed by atoms with Gasteiger partial charge in [-0.3, -0.25) is 14.4 Å². The number of carbonyl (C=O) groups is 1. The highest BCUT2D eigenvalue weighted by molar-refractivity contribution is 6.74. The van der Waals surface area contributed by atoms with E-state index in [1.807, 2.05) is 18.5 Å². The minimum absolute atomic E-state index is 0.0101. The Labute approximate surface area is 283 Å². The zero-order valence-electron chi connectivity index (χ0n) is 29.8. The van der Waals surface area contributed by atoms with E-state index < -0.39 is 8.32 Å². The van der Waals surface area contributed by atoms with E-state index >= 15 is 0 Å². The van der Waals surface area contributed by atoms with Gasteiger partial charge in [0.2, 0.25) is 5.91 Å². The molecule has 6 rings (SSSR count). The zero-order chi connectivity index (χ0) is 33.3.